The molecule has 0 aliphatic carbocycles. The van der Waals surface area contributed by atoms with Gasteiger partial charge in [0.1, 0.15) is 5.82 Å². The summed E-state index contributed by atoms with van der Waals surface area (Å²) in [5, 5.41) is 13.8. The van der Waals surface area contributed by atoms with Gasteiger partial charge in [0.25, 0.3) is 0 Å². The van der Waals surface area contributed by atoms with Crippen molar-refractivity contribution in [3.63, 3.8) is 0 Å². The lowest BCUT2D eigenvalue weighted by atomic mass is 10.00. The van der Waals surface area contributed by atoms with E-state index < -0.39 is 5.97 Å². The van der Waals surface area contributed by atoms with E-state index in [1.165, 1.54) is 12.3 Å². The van der Waals surface area contributed by atoms with E-state index in [0.29, 0.717) is 24.9 Å². The molecule has 3 rings (SSSR count). The first-order valence-corrected chi connectivity index (χ1v) is 9.77. The third-order valence-electron chi connectivity index (χ3n) is 4.59. The van der Waals surface area contributed by atoms with Crippen LogP contribution in [0.1, 0.15) is 65.5 Å². The van der Waals surface area contributed by atoms with Crippen molar-refractivity contribution in [3.8, 4) is 11.1 Å². The van der Waals surface area contributed by atoms with Crippen LogP contribution in [0.5, 0.6) is 0 Å². The number of Topliss-reactive ketones (excluding diaryl/α,β-unsaturated/α-hetero) is 1. The van der Waals surface area contributed by atoms with Gasteiger partial charge >= 0.3 is 5.97 Å². The van der Waals surface area contributed by atoms with Crippen LogP contribution in [-0.4, -0.2) is 36.6 Å². The molecule has 1 N–H and O–H groups in total. The molecule has 0 spiro atoms. The lowest BCUT2D eigenvalue weighted by Gasteiger charge is -2.08. The quantitative estimate of drug-likeness (QED) is 0.552. The Hall–Kier alpha value is -3.35. The van der Waals surface area contributed by atoms with Crippen LogP contribution in [0, 0.1) is 0 Å². The second-order valence-corrected chi connectivity index (χ2v) is 6.85. The standard InChI is InChI=1S/C22H24N4O3/c1-3-5-19(27)21-24-20(26(25-21)12-4-2)13-15-6-8-16(9-7-15)18-14-23-11-10-17(18)22(28)29/h6-11,14H,3-5,12-13H2,1-2H3,(H,28,29). The van der Waals surface area contributed by atoms with E-state index in [9.17, 15) is 14.7 Å². The molecule has 1 aromatic carbocycles. The Labute approximate surface area is 169 Å². The van der Waals surface area contributed by atoms with Crippen LogP contribution >= 0.6 is 0 Å². The summed E-state index contributed by atoms with van der Waals surface area (Å²) in [5.41, 5.74) is 2.59. The van der Waals surface area contributed by atoms with E-state index in [0.717, 1.165) is 29.8 Å². The molecule has 0 aliphatic rings. The number of pyridine rings is 1. The summed E-state index contributed by atoms with van der Waals surface area (Å²) in [5.74, 6) is 0.0279. The zero-order valence-corrected chi connectivity index (χ0v) is 16.6. The first-order valence-electron chi connectivity index (χ1n) is 9.77. The Bertz CT molecular complexity index is 1010. The summed E-state index contributed by atoms with van der Waals surface area (Å²) >= 11 is 0. The highest BCUT2D eigenvalue weighted by Gasteiger charge is 2.16. The van der Waals surface area contributed by atoms with Crippen LogP contribution in [0.4, 0.5) is 0 Å². The smallest absolute Gasteiger partial charge is 0.336 e. The van der Waals surface area contributed by atoms with Crippen LogP contribution in [-0.2, 0) is 13.0 Å². The van der Waals surface area contributed by atoms with Gasteiger partial charge in [-0.1, -0.05) is 38.1 Å². The molecule has 0 radical (unpaired) electrons. The second kappa shape index (κ2) is 9.23. The topological polar surface area (TPSA) is 98.0 Å². The number of hydrogen-bond donors (Lipinski definition) is 1. The lowest BCUT2D eigenvalue weighted by Crippen LogP contribution is -2.06. The normalized spacial score (nSPS) is 10.8. The molecule has 0 bridgehead atoms. The highest BCUT2D eigenvalue weighted by atomic mass is 16.4. The maximum atomic E-state index is 12.2. The van der Waals surface area contributed by atoms with Gasteiger partial charge in [0.2, 0.25) is 11.6 Å². The fourth-order valence-electron chi connectivity index (χ4n) is 3.15. The fourth-order valence-corrected chi connectivity index (χ4v) is 3.15. The molecule has 7 heteroatoms. The number of rotatable bonds is 9. The maximum absolute atomic E-state index is 12.2. The lowest BCUT2D eigenvalue weighted by molar-refractivity contribution is 0.0697. The van der Waals surface area contributed by atoms with Crippen molar-refractivity contribution in [2.24, 2.45) is 0 Å². The largest absolute Gasteiger partial charge is 0.478 e. The Balaban J connectivity index is 1.85. The third-order valence-corrected chi connectivity index (χ3v) is 4.59. The molecule has 0 amide bonds. The number of carboxylic acids is 1. The molecular formula is C22H24N4O3. The van der Waals surface area contributed by atoms with Gasteiger partial charge in [-0.15, -0.1) is 5.10 Å². The molecule has 3 aromatic rings. The average Bonchev–Trinajstić information content (AvgIpc) is 3.12. The van der Waals surface area contributed by atoms with E-state index in [1.807, 2.05) is 31.2 Å². The van der Waals surface area contributed by atoms with E-state index in [2.05, 4.69) is 22.0 Å². The molecule has 7 nitrogen and oxygen atoms in total. The van der Waals surface area contributed by atoms with Gasteiger partial charge in [-0.3, -0.25) is 9.78 Å². The number of carbonyl (C=O) groups is 2. The minimum absolute atomic E-state index is 0.0308. The summed E-state index contributed by atoms with van der Waals surface area (Å²) in [6.45, 7) is 4.72. The molecular weight excluding hydrogens is 368 g/mol. The molecule has 0 saturated carbocycles. The number of ketones is 1. The highest BCUT2D eigenvalue weighted by molar-refractivity contribution is 5.95. The van der Waals surface area contributed by atoms with Crippen molar-refractivity contribution < 1.29 is 14.7 Å². The zero-order valence-electron chi connectivity index (χ0n) is 16.6. The van der Waals surface area contributed by atoms with E-state index in [4.69, 9.17) is 0 Å². The Morgan fingerprint density at radius 2 is 1.83 bits per heavy atom. The number of aromatic nitrogens is 4. The van der Waals surface area contributed by atoms with Gasteiger partial charge in [0, 0.05) is 37.3 Å². The Kier molecular flexibility index (Phi) is 6.49. The fraction of sp³-hybridized carbons (Fsp3) is 0.318. The number of nitrogens with zero attached hydrogens (tertiary/aromatic N) is 4. The van der Waals surface area contributed by atoms with Gasteiger partial charge < -0.3 is 5.11 Å². The summed E-state index contributed by atoms with van der Waals surface area (Å²) in [7, 11) is 0. The molecule has 2 heterocycles. The third kappa shape index (κ3) is 4.74. The molecule has 0 aliphatic heterocycles. The molecule has 0 saturated heterocycles. The van der Waals surface area contributed by atoms with Gasteiger partial charge in [-0.2, -0.15) is 0 Å². The number of carboxylic acid groups (broad SMARTS) is 1. The van der Waals surface area contributed by atoms with Crippen LogP contribution in [0.2, 0.25) is 0 Å². The molecule has 29 heavy (non-hydrogen) atoms. The second-order valence-electron chi connectivity index (χ2n) is 6.85. The summed E-state index contributed by atoms with van der Waals surface area (Å²) in [6, 6.07) is 9.12. The first kappa shape index (κ1) is 20.4. The van der Waals surface area contributed by atoms with Crippen LogP contribution < -0.4 is 0 Å². The number of carbonyl (C=O) groups excluding carboxylic acids is 1. The number of hydrogen-bond acceptors (Lipinski definition) is 5. The number of aryl methyl sites for hydroxylation is 1. The Morgan fingerprint density at radius 1 is 1.07 bits per heavy atom. The van der Waals surface area contributed by atoms with Gasteiger partial charge in [0.15, 0.2) is 0 Å². The van der Waals surface area contributed by atoms with Crippen molar-refractivity contribution in [3.05, 3.63) is 65.5 Å². The van der Waals surface area contributed by atoms with E-state index >= 15 is 0 Å². The molecule has 2 aromatic heterocycles. The van der Waals surface area contributed by atoms with Crippen LogP contribution in [0.25, 0.3) is 11.1 Å². The molecule has 0 fully saturated rings. The SMILES string of the molecule is CCCC(=O)c1nc(Cc2ccc(-c3cnccc3C(=O)O)cc2)n(CCC)n1. The molecule has 150 valence electrons. The van der Waals surface area contributed by atoms with Crippen molar-refractivity contribution in [1.82, 2.24) is 19.7 Å². The highest BCUT2D eigenvalue weighted by Crippen LogP contribution is 2.24. The predicted octanol–water partition coefficient (Wildman–Crippen LogP) is 4.02. The first-order chi connectivity index (χ1) is 14.0. The van der Waals surface area contributed by atoms with Gasteiger partial charge in [0.05, 0.1) is 5.56 Å². The summed E-state index contributed by atoms with van der Waals surface area (Å²) in [6.07, 6.45) is 5.69. The average molecular weight is 392 g/mol. The summed E-state index contributed by atoms with van der Waals surface area (Å²) < 4.78 is 1.81. The van der Waals surface area contributed by atoms with E-state index in [-0.39, 0.29) is 17.2 Å². The van der Waals surface area contributed by atoms with Gasteiger partial charge in [-0.25, -0.2) is 14.5 Å². The van der Waals surface area contributed by atoms with Crippen molar-refractivity contribution in [1.29, 1.82) is 0 Å². The van der Waals surface area contributed by atoms with Crippen molar-refractivity contribution >= 4 is 11.8 Å². The monoisotopic (exact) mass is 392 g/mol. The molecule has 0 atom stereocenters. The number of benzene rings is 1. The van der Waals surface area contributed by atoms with E-state index in [1.54, 1.807) is 10.9 Å². The zero-order chi connectivity index (χ0) is 20.8. The number of aromatic carboxylic acids is 1. The maximum Gasteiger partial charge on any atom is 0.336 e. The minimum atomic E-state index is -0.983. The van der Waals surface area contributed by atoms with Crippen molar-refractivity contribution in [2.75, 3.05) is 0 Å². The van der Waals surface area contributed by atoms with Gasteiger partial charge in [-0.05, 0) is 30.0 Å². The minimum Gasteiger partial charge on any atom is -0.478 e. The van der Waals surface area contributed by atoms with Crippen LogP contribution in [0.3, 0.4) is 0 Å². The predicted molar refractivity (Wildman–Crippen MR) is 109 cm³/mol. The van der Waals surface area contributed by atoms with Crippen LogP contribution in [0.15, 0.2) is 42.7 Å². The molecule has 0 unspecified atom stereocenters. The summed E-state index contributed by atoms with van der Waals surface area (Å²) in [4.78, 5) is 32.1. The Morgan fingerprint density at radius 3 is 2.48 bits per heavy atom. The van der Waals surface area contributed by atoms with Crippen molar-refractivity contribution in [2.45, 2.75) is 46.1 Å².